The molecule has 0 bridgehead atoms. The molecule has 1 aliphatic rings. The van der Waals surface area contributed by atoms with Crippen molar-refractivity contribution < 1.29 is 19.1 Å². The van der Waals surface area contributed by atoms with Crippen LogP contribution in [0.15, 0.2) is 18.3 Å². The second-order valence-electron chi connectivity index (χ2n) is 7.00. The SMILES string of the molecule is COC(=O)c1cccnc1C(=O)N1CCC(C(=O)NC(C)C(C)C)CC1. The Morgan fingerprint density at radius 1 is 1.23 bits per heavy atom. The first-order valence-corrected chi connectivity index (χ1v) is 8.98. The van der Waals surface area contributed by atoms with E-state index in [0.29, 0.717) is 31.8 Å². The van der Waals surface area contributed by atoms with Crippen molar-refractivity contribution in [3.63, 3.8) is 0 Å². The third-order valence-corrected chi connectivity index (χ3v) is 4.94. The number of ether oxygens (including phenoxy) is 1. The molecule has 1 N–H and O–H groups in total. The van der Waals surface area contributed by atoms with E-state index in [1.165, 1.54) is 19.4 Å². The number of methoxy groups -OCH3 is 1. The van der Waals surface area contributed by atoms with Gasteiger partial charge in [0.2, 0.25) is 5.91 Å². The number of pyridine rings is 1. The van der Waals surface area contributed by atoms with Crippen LogP contribution < -0.4 is 5.32 Å². The molecule has 1 aliphatic heterocycles. The third-order valence-electron chi connectivity index (χ3n) is 4.94. The summed E-state index contributed by atoms with van der Waals surface area (Å²) in [6.07, 6.45) is 2.68. The zero-order valence-electron chi connectivity index (χ0n) is 15.8. The smallest absolute Gasteiger partial charge is 0.340 e. The van der Waals surface area contributed by atoms with Crippen molar-refractivity contribution in [1.82, 2.24) is 15.2 Å². The Hall–Kier alpha value is -2.44. The zero-order valence-corrected chi connectivity index (χ0v) is 15.8. The number of amides is 2. The molecule has 1 aromatic rings. The summed E-state index contributed by atoms with van der Waals surface area (Å²) >= 11 is 0. The lowest BCUT2D eigenvalue weighted by Crippen LogP contribution is -2.46. The van der Waals surface area contributed by atoms with Crippen LogP contribution in [0.1, 0.15) is 54.5 Å². The molecule has 142 valence electrons. The van der Waals surface area contributed by atoms with Gasteiger partial charge in [-0.15, -0.1) is 0 Å². The number of hydrogen-bond acceptors (Lipinski definition) is 5. The van der Waals surface area contributed by atoms with Gasteiger partial charge < -0.3 is 15.0 Å². The van der Waals surface area contributed by atoms with E-state index >= 15 is 0 Å². The van der Waals surface area contributed by atoms with Gasteiger partial charge in [-0.2, -0.15) is 0 Å². The molecule has 7 heteroatoms. The summed E-state index contributed by atoms with van der Waals surface area (Å²) < 4.78 is 4.72. The average Bonchev–Trinajstić information content (AvgIpc) is 2.66. The van der Waals surface area contributed by atoms with Crippen molar-refractivity contribution in [1.29, 1.82) is 0 Å². The number of nitrogens with one attached hydrogen (secondary N) is 1. The highest BCUT2D eigenvalue weighted by atomic mass is 16.5. The Morgan fingerprint density at radius 2 is 1.88 bits per heavy atom. The fourth-order valence-corrected chi connectivity index (χ4v) is 2.85. The van der Waals surface area contributed by atoms with Crippen LogP contribution in [0.5, 0.6) is 0 Å². The number of rotatable bonds is 5. The van der Waals surface area contributed by atoms with Crippen LogP contribution in [0, 0.1) is 11.8 Å². The minimum Gasteiger partial charge on any atom is -0.465 e. The first kappa shape index (κ1) is 19.9. The maximum absolute atomic E-state index is 12.7. The molecular weight excluding hydrogens is 334 g/mol. The molecule has 2 amide bonds. The molecule has 0 saturated carbocycles. The highest BCUT2D eigenvalue weighted by Gasteiger charge is 2.30. The zero-order chi connectivity index (χ0) is 19.3. The fraction of sp³-hybridized carbons (Fsp3) is 0.579. The molecular formula is C19H27N3O4. The van der Waals surface area contributed by atoms with Gasteiger partial charge in [0.1, 0.15) is 5.69 Å². The van der Waals surface area contributed by atoms with Crippen molar-refractivity contribution in [3.8, 4) is 0 Å². The van der Waals surface area contributed by atoms with E-state index in [9.17, 15) is 14.4 Å². The summed E-state index contributed by atoms with van der Waals surface area (Å²) in [6, 6.07) is 3.24. The molecule has 1 saturated heterocycles. The van der Waals surface area contributed by atoms with Gasteiger partial charge in [-0.1, -0.05) is 13.8 Å². The van der Waals surface area contributed by atoms with Crippen molar-refractivity contribution in [2.24, 2.45) is 11.8 Å². The van der Waals surface area contributed by atoms with Gasteiger partial charge >= 0.3 is 5.97 Å². The number of carbonyl (C=O) groups excluding carboxylic acids is 3. The van der Waals surface area contributed by atoms with Crippen LogP contribution in [0.3, 0.4) is 0 Å². The molecule has 0 aliphatic carbocycles. The van der Waals surface area contributed by atoms with E-state index in [1.807, 2.05) is 6.92 Å². The average molecular weight is 361 g/mol. The fourth-order valence-electron chi connectivity index (χ4n) is 2.85. The summed E-state index contributed by atoms with van der Waals surface area (Å²) in [5.74, 6) is -0.559. The van der Waals surface area contributed by atoms with Crippen molar-refractivity contribution in [3.05, 3.63) is 29.6 Å². The van der Waals surface area contributed by atoms with Crippen LogP contribution >= 0.6 is 0 Å². The molecule has 1 unspecified atom stereocenters. The minimum atomic E-state index is -0.585. The summed E-state index contributed by atoms with van der Waals surface area (Å²) in [6.45, 7) is 7.06. The third kappa shape index (κ3) is 4.59. The lowest BCUT2D eigenvalue weighted by atomic mass is 9.94. The van der Waals surface area contributed by atoms with Gasteiger partial charge in [0.05, 0.1) is 12.7 Å². The number of piperidine rings is 1. The van der Waals surface area contributed by atoms with Gasteiger partial charge in [0, 0.05) is 31.2 Å². The van der Waals surface area contributed by atoms with Crippen molar-refractivity contribution >= 4 is 17.8 Å². The van der Waals surface area contributed by atoms with Crippen molar-refractivity contribution in [2.45, 2.75) is 39.7 Å². The molecule has 0 aromatic carbocycles. The summed E-state index contributed by atoms with van der Waals surface area (Å²) in [7, 11) is 1.27. The largest absolute Gasteiger partial charge is 0.465 e. The molecule has 26 heavy (non-hydrogen) atoms. The second-order valence-corrected chi connectivity index (χ2v) is 7.00. The number of hydrogen-bond donors (Lipinski definition) is 1. The molecule has 7 nitrogen and oxygen atoms in total. The van der Waals surface area contributed by atoms with Gasteiger partial charge in [0.15, 0.2) is 0 Å². The van der Waals surface area contributed by atoms with Crippen molar-refractivity contribution in [2.75, 3.05) is 20.2 Å². The maximum atomic E-state index is 12.7. The van der Waals surface area contributed by atoms with E-state index in [2.05, 4.69) is 24.1 Å². The van der Waals surface area contributed by atoms with E-state index < -0.39 is 5.97 Å². The van der Waals surface area contributed by atoms with E-state index in [0.717, 1.165) is 0 Å². The molecule has 0 radical (unpaired) electrons. The molecule has 2 heterocycles. The lowest BCUT2D eigenvalue weighted by molar-refractivity contribution is -0.127. The van der Waals surface area contributed by atoms with Gasteiger partial charge in [-0.05, 0) is 37.8 Å². The lowest BCUT2D eigenvalue weighted by Gasteiger charge is -2.32. The Morgan fingerprint density at radius 3 is 2.46 bits per heavy atom. The number of nitrogens with zero attached hydrogens (tertiary/aromatic N) is 2. The highest BCUT2D eigenvalue weighted by Crippen LogP contribution is 2.20. The van der Waals surface area contributed by atoms with Crippen LogP contribution in [0.4, 0.5) is 0 Å². The second kappa shape index (κ2) is 8.78. The van der Waals surface area contributed by atoms with Gasteiger partial charge in [-0.3, -0.25) is 14.6 Å². The minimum absolute atomic E-state index is 0.0476. The topological polar surface area (TPSA) is 88.6 Å². The first-order valence-electron chi connectivity index (χ1n) is 8.98. The highest BCUT2D eigenvalue weighted by molar-refractivity contribution is 6.03. The summed E-state index contributed by atoms with van der Waals surface area (Å²) in [5, 5.41) is 3.04. The number of esters is 1. The first-order chi connectivity index (χ1) is 12.3. The van der Waals surface area contributed by atoms with E-state index in [4.69, 9.17) is 4.74 Å². The summed E-state index contributed by atoms with van der Waals surface area (Å²) in [4.78, 5) is 42.6. The molecule has 1 aromatic heterocycles. The standard InChI is InChI=1S/C19H27N3O4/c1-12(2)13(3)21-17(23)14-7-10-22(11-8-14)18(24)16-15(19(25)26-4)6-5-9-20-16/h5-6,9,12-14H,7-8,10-11H2,1-4H3,(H,21,23). The van der Waals surface area contributed by atoms with Crippen LogP contribution in [0.25, 0.3) is 0 Å². The predicted octanol–water partition coefficient (Wildman–Crippen LogP) is 1.88. The number of aromatic nitrogens is 1. The number of carbonyl (C=O) groups is 3. The Kier molecular flexibility index (Phi) is 6.71. The van der Waals surface area contributed by atoms with Gasteiger partial charge in [0.25, 0.3) is 5.91 Å². The number of likely N-dealkylation sites (tertiary alicyclic amines) is 1. The van der Waals surface area contributed by atoms with Gasteiger partial charge in [-0.25, -0.2) is 4.79 Å². The Bertz CT molecular complexity index is 667. The van der Waals surface area contributed by atoms with E-state index in [-0.39, 0.29) is 35.0 Å². The van der Waals surface area contributed by atoms with Crippen LogP contribution in [0.2, 0.25) is 0 Å². The molecule has 1 atom stereocenters. The van der Waals surface area contributed by atoms with Crippen LogP contribution in [-0.2, 0) is 9.53 Å². The quantitative estimate of drug-likeness (QED) is 0.809. The normalized spacial score (nSPS) is 16.3. The predicted molar refractivity (Wildman–Crippen MR) is 96.6 cm³/mol. The van der Waals surface area contributed by atoms with Crippen LogP contribution in [-0.4, -0.2) is 53.9 Å². The Labute approximate surface area is 154 Å². The monoisotopic (exact) mass is 361 g/mol. The van der Waals surface area contributed by atoms with E-state index in [1.54, 1.807) is 11.0 Å². The molecule has 1 fully saturated rings. The summed E-state index contributed by atoms with van der Waals surface area (Å²) in [5.41, 5.74) is 0.251. The molecule has 2 rings (SSSR count). The maximum Gasteiger partial charge on any atom is 0.340 e. The Balaban J connectivity index is 1.99. The molecule has 0 spiro atoms.